The summed E-state index contributed by atoms with van der Waals surface area (Å²) < 4.78 is 7.68. The average molecular weight is 455 g/mol. The standard InChI is InChI=1S/C25H38N6O2/c1-17-15-22(33-5)18(2)14-21(17)16-30-11-8-23-27-28-24(31(23)13-12-30)19(3)26-25(32)20-6-9-29(4)10-7-20/h14-15,19-20H,6-13,16H2,1-5H3,(H,26,32). The van der Waals surface area contributed by atoms with Gasteiger partial charge in [-0.05, 0) is 76.5 Å². The summed E-state index contributed by atoms with van der Waals surface area (Å²) in [6, 6.07) is 4.23. The molecule has 4 rings (SSSR count). The number of benzene rings is 1. The number of piperidine rings is 1. The van der Waals surface area contributed by atoms with Gasteiger partial charge in [-0.3, -0.25) is 9.69 Å². The molecule has 0 saturated carbocycles. The quantitative estimate of drug-likeness (QED) is 0.723. The summed E-state index contributed by atoms with van der Waals surface area (Å²) in [5.41, 5.74) is 3.76. The summed E-state index contributed by atoms with van der Waals surface area (Å²) in [5.74, 6) is 3.06. The Balaban J connectivity index is 1.38. The monoisotopic (exact) mass is 454 g/mol. The van der Waals surface area contributed by atoms with Gasteiger partial charge in [0, 0.05) is 38.5 Å². The highest BCUT2D eigenvalue weighted by Gasteiger charge is 2.27. The maximum atomic E-state index is 12.8. The van der Waals surface area contributed by atoms with Crippen LogP contribution < -0.4 is 10.1 Å². The Labute approximate surface area is 197 Å². The molecule has 1 fully saturated rings. The first-order valence-electron chi connectivity index (χ1n) is 12.1. The molecule has 0 radical (unpaired) electrons. The lowest BCUT2D eigenvalue weighted by Gasteiger charge is -2.29. The van der Waals surface area contributed by atoms with Crippen molar-refractivity contribution in [3.63, 3.8) is 0 Å². The van der Waals surface area contributed by atoms with Crippen LogP contribution in [0, 0.1) is 19.8 Å². The van der Waals surface area contributed by atoms with Gasteiger partial charge >= 0.3 is 0 Å². The maximum absolute atomic E-state index is 12.8. The van der Waals surface area contributed by atoms with Crippen molar-refractivity contribution in [3.05, 3.63) is 40.5 Å². The molecule has 1 saturated heterocycles. The fraction of sp³-hybridized carbons (Fsp3) is 0.640. The molecule has 0 spiro atoms. The molecule has 2 aliphatic heterocycles. The van der Waals surface area contributed by atoms with Crippen LogP contribution in [0.4, 0.5) is 0 Å². The normalized spacial score (nSPS) is 19.1. The van der Waals surface area contributed by atoms with Crippen molar-refractivity contribution in [2.24, 2.45) is 5.92 Å². The number of carbonyl (C=O) groups is 1. The van der Waals surface area contributed by atoms with Gasteiger partial charge in [0.25, 0.3) is 0 Å². The molecular formula is C25H38N6O2. The van der Waals surface area contributed by atoms with Gasteiger partial charge in [0.05, 0.1) is 13.2 Å². The lowest BCUT2D eigenvalue weighted by Crippen LogP contribution is -2.40. The number of aryl methyl sites for hydroxylation is 2. The number of likely N-dealkylation sites (tertiary alicyclic amines) is 1. The van der Waals surface area contributed by atoms with Gasteiger partial charge in [0.1, 0.15) is 11.6 Å². The predicted octanol–water partition coefficient (Wildman–Crippen LogP) is 2.48. The Hall–Kier alpha value is -2.45. The molecule has 180 valence electrons. The van der Waals surface area contributed by atoms with E-state index in [4.69, 9.17) is 4.74 Å². The lowest BCUT2D eigenvalue weighted by molar-refractivity contribution is -0.127. The van der Waals surface area contributed by atoms with E-state index in [1.54, 1.807) is 7.11 Å². The van der Waals surface area contributed by atoms with E-state index in [9.17, 15) is 4.79 Å². The highest BCUT2D eigenvalue weighted by Crippen LogP contribution is 2.25. The molecule has 2 aromatic rings. The zero-order valence-corrected chi connectivity index (χ0v) is 20.7. The first-order chi connectivity index (χ1) is 15.9. The number of aromatic nitrogens is 3. The Morgan fingerprint density at radius 3 is 2.61 bits per heavy atom. The molecule has 1 amide bonds. The minimum absolute atomic E-state index is 0.0989. The van der Waals surface area contributed by atoms with E-state index in [0.29, 0.717) is 0 Å². The molecule has 1 aromatic heterocycles. The lowest BCUT2D eigenvalue weighted by atomic mass is 9.96. The van der Waals surface area contributed by atoms with E-state index in [1.807, 2.05) is 6.92 Å². The molecule has 1 aromatic carbocycles. The van der Waals surface area contributed by atoms with Crippen LogP contribution in [0.1, 0.15) is 54.1 Å². The van der Waals surface area contributed by atoms with Gasteiger partial charge in [-0.25, -0.2) is 0 Å². The third-order valence-electron chi connectivity index (χ3n) is 7.23. The minimum Gasteiger partial charge on any atom is -0.496 e. The molecule has 8 nitrogen and oxygen atoms in total. The number of nitrogens with one attached hydrogen (secondary N) is 1. The van der Waals surface area contributed by atoms with E-state index in [0.717, 1.165) is 75.9 Å². The Morgan fingerprint density at radius 2 is 1.88 bits per heavy atom. The number of carbonyl (C=O) groups excluding carboxylic acids is 1. The minimum atomic E-state index is -0.142. The second kappa shape index (κ2) is 10.2. The number of methoxy groups -OCH3 is 1. The van der Waals surface area contributed by atoms with Crippen molar-refractivity contribution in [2.45, 2.75) is 59.2 Å². The first kappa shape index (κ1) is 23.7. The smallest absolute Gasteiger partial charge is 0.223 e. The largest absolute Gasteiger partial charge is 0.496 e. The van der Waals surface area contributed by atoms with Crippen LogP contribution >= 0.6 is 0 Å². The van der Waals surface area contributed by atoms with Crippen LogP contribution in [-0.4, -0.2) is 70.8 Å². The second-order valence-electron chi connectivity index (χ2n) is 9.71. The highest BCUT2D eigenvalue weighted by molar-refractivity contribution is 5.79. The number of ether oxygens (including phenoxy) is 1. The summed E-state index contributed by atoms with van der Waals surface area (Å²) in [6.07, 6.45) is 2.70. The van der Waals surface area contributed by atoms with Crippen LogP contribution in [0.25, 0.3) is 0 Å². The van der Waals surface area contributed by atoms with Gasteiger partial charge in [-0.15, -0.1) is 10.2 Å². The molecule has 8 heteroatoms. The van der Waals surface area contributed by atoms with Gasteiger partial charge in [-0.1, -0.05) is 6.07 Å². The Kier molecular flexibility index (Phi) is 7.34. The van der Waals surface area contributed by atoms with Gasteiger partial charge in [0.15, 0.2) is 5.82 Å². The second-order valence-corrected chi connectivity index (χ2v) is 9.71. The average Bonchev–Trinajstić information content (AvgIpc) is 3.10. The summed E-state index contributed by atoms with van der Waals surface area (Å²) in [5, 5.41) is 12.1. The van der Waals surface area contributed by atoms with E-state index in [1.165, 1.54) is 16.7 Å². The van der Waals surface area contributed by atoms with Gasteiger partial charge < -0.3 is 19.5 Å². The van der Waals surface area contributed by atoms with Crippen LogP contribution in [0.5, 0.6) is 5.75 Å². The van der Waals surface area contributed by atoms with Crippen LogP contribution in [0.15, 0.2) is 12.1 Å². The fourth-order valence-electron chi connectivity index (χ4n) is 5.01. The molecule has 1 unspecified atom stereocenters. The molecule has 1 atom stereocenters. The SMILES string of the molecule is COc1cc(C)c(CN2CCc3nnc(C(C)NC(=O)C4CCN(C)CC4)n3CC2)cc1C. The van der Waals surface area contributed by atoms with Crippen molar-refractivity contribution in [2.75, 3.05) is 40.3 Å². The Morgan fingerprint density at radius 1 is 1.12 bits per heavy atom. The summed E-state index contributed by atoms with van der Waals surface area (Å²) in [6.45, 7) is 11.8. The number of fused-ring (bicyclic) bond motifs is 1. The van der Waals surface area contributed by atoms with Gasteiger partial charge in [0.2, 0.25) is 5.91 Å². The van der Waals surface area contributed by atoms with Crippen molar-refractivity contribution in [1.82, 2.24) is 29.9 Å². The predicted molar refractivity (Wildman–Crippen MR) is 128 cm³/mol. The van der Waals surface area contributed by atoms with Crippen molar-refractivity contribution >= 4 is 5.91 Å². The molecule has 3 heterocycles. The molecular weight excluding hydrogens is 416 g/mol. The van der Waals surface area contributed by atoms with E-state index in [2.05, 4.69) is 62.9 Å². The summed E-state index contributed by atoms with van der Waals surface area (Å²) >= 11 is 0. The summed E-state index contributed by atoms with van der Waals surface area (Å²) in [4.78, 5) is 17.6. The fourth-order valence-corrected chi connectivity index (χ4v) is 5.01. The zero-order chi connectivity index (χ0) is 23.5. The molecule has 1 N–H and O–H groups in total. The zero-order valence-electron chi connectivity index (χ0n) is 20.7. The third-order valence-corrected chi connectivity index (χ3v) is 7.23. The Bertz CT molecular complexity index is 980. The van der Waals surface area contributed by atoms with Crippen LogP contribution in [-0.2, 0) is 24.3 Å². The topological polar surface area (TPSA) is 75.5 Å². The van der Waals surface area contributed by atoms with Crippen LogP contribution in [0.2, 0.25) is 0 Å². The molecule has 33 heavy (non-hydrogen) atoms. The van der Waals surface area contributed by atoms with E-state index in [-0.39, 0.29) is 17.9 Å². The number of amides is 1. The number of hydrogen-bond donors (Lipinski definition) is 1. The van der Waals surface area contributed by atoms with E-state index < -0.39 is 0 Å². The maximum Gasteiger partial charge on any atom is 0.223 e. The first-order valence-corrected chi connectivity index (χ1v) is 12.1. The highest BCUT2D eigenvalue weighted by atomic mass is 16.5. The van der Waals surface area contributed by atoms with Crippen molar-refractivity contribution in [3.8, 4) is 5.75 Å². The number of nitrogens with zero attached hydrogens (tertiary/aromatic N) is 5. The number of hydrogen-bond acceptors (Lipinski definition) is 6. The van der Waals surface area contributed by atoms with Gasteiger partial charge in [-0.2, -0.15) is 0 Å². The molecule has 0 aliphatic carbocycles. The third kappa shape index (κ3) is 5.38. The van der Waals surface area contributed by atoms with E-state index >= 15 is 0 Å². The molecule has 0 bridgehead atoms. The van der Waals surface area contributed by atoms with Crippen molar-refractivity contribution in [1.29, 1.82) is 0 Å². The van der Waals surface area contributed by atoms with Crippen LogP contribution in [0.3, 0.4) is 0 Å². The number of rotatable bonds is 6. The summed E-state index contributed by atoms with van der Waals surface area (Å²) in [7, 11) is 3.84. The van der Waals surface area contributed by atoms with Crippen molar-refractivity contribution < 1.29 is 9.53 Å². The molecule has 2 aliphatic rings.